The first-order valence-corrected chi connectivity index (χ1v) is 8.67. The second-order valence-corrected chi connectivity index (χ2v) is 6.49. The highest BCUT2D eigenvalue weighted by molar-refractivity contribution is 6.34. The highest BCUT2D eigenvalue weighted by Crippen LogP contribution is 2.29. The molecule has 5 rings (SSSR count). The molecule has 3 aromatic carbocycles. The first kappa shape index (κ1) is 15.5. The van der Waals surface area contributed by atoms with Crippen molar-refractivity contribution in [2.45, 2.75) is 6.92 Å². The topological polar surface area (TPSA) is 55.2 Å². The Labute approximate surface area is 155 Å². The summed E-state index contributed by atoms with van der Waals surface area (Å²) in [4.78, 5) is 31.1. The van der Waals surface area contributed by atoms with Crippen molar-refractivity contribution >= 4 is 28.5 Å². The van der Waals surface area contributed by atoms with Crippen molar-refractivity contribution < 1.29 is 9.59 Å². The van der Waals surface area contributed by atoms with E-state index in [1.807, 2.05) is 43.3 Å². The third-order valence-corrected chi connectivity index (χ3v) is 4.89. The zero-order valence-electron chi connectivity index (χ0n) is 14.6. The summed E-state index contributed by atoms with van der Waals surface area (Å²) in [6.07, 6.45) is 0. The molecule has 0 atom stereocenters. The molecule has 0 N–H and O–H groups in total. The summed E-state index contributed by atoms with van der Waals surface area (Å²) in [6.45, 7) is 1.96. The molecule has 2 amide bonds. The van der Waals surface area contributed by atoms with Crippen LogP contribution in [0.4, 0.5) is 5.69 Å². The monoisotopic (exact) mass is 353 g/mol. The van der Waals surface area contributed by atoms with E-state index in [0.29, 0.717) is 16.8 Å². The van der Waals surface area contributed by atoms with Crippen molar-refractivity contribution in [3.8, 4) is 5.69 Å². The molecule has 0 saturated heterocycles. The predicted octanol–water partition coefficient (Wildman–Crippen LogP) is 4.13. The first-order chi connectivity index (χ1) is 13.1. The van der Waals surface area contributed by atoms with E-state index in [1.54, 1.807) is 36.4 Å². The number of amides is 2. The summed E-state index contributed by atoms with van der Waals surface area (Å²) in [7, 11) is 0. The number of hydrogen-bond donors (Lipinski definition) is 0. The molecule has 1 aliphatic rings. The van der Waals surface area contributed by atoms with Gasteiger partial charge in [-0.1, -0.05) is 24.3 Å². The molecule has 4 aromatic rings. The number of imidazole rings is 1. The Morgan fingerprint density at radius 1 is 0.704 bits per heavy atom. The van der Waals surface area contributed by atoms with Gasteiger partial charge in [-0.15, -0.1) is 0 Å². The maximum Gasteiger partial charge on any atom is 0.266 e. The van der Waals surface area contributed by atoms with Crippen molar-refractivity contribution in [2.24, 2.45) is 0 Å². The zero-order valence-corrected chi connectivity index (χ0v) is 14.6. The fourth-order valence-electron chi connectivity index (χ4n) is 3.65. The minimum atomic E-state index is -0.285. The van der Waals surface area contributed by atoms with Gasteiger partial charge in [0.1, 0.15) is 5.82 Å². The molecule has 2 heterocycles. The second-order valence-electron chi connectivity index (χ2n) is 6.49. The predicted molar refractivity (Wildman–Crippen MR) is 103 cm³/mol. The van der Waals surface area contributed by atoms with Crippen LogP contribution in [-0.2, 0) is 0 Å². The lowest BCUT2D eigenvalue weighted by atomic mass is 10.1. The average molecular weight is 353 g/mol. The largest absolute Gasteiger partial charge is 0.297 e. The number of aryl methyl sites for hydroxylation is 1. The number of para-hydroxylation sites is 2. The van der Waals surface area contributed by atoms with Crippen molar-refractivity contribution in [1.82, 2.24) is 9.55 Å². The highest BCUT2D eigenvalue weighted by atomic mass is 16.2. The summed E-state index contributed by atoms with van der Waals surface area (Å²) in [6, 6.07) is 22.2. The van der Waals surface area contributed by atoms with Crippen LogP contribution in [0.25, 0.3) is 16.7 Å². The Morgan fingerprint density at radius 3 is 1.93 bits per heavy atom. The number of fused-ring (bicyclic) bond motifs is 2. The number of rotatable bonds is 2. The van der Waals surface area contributed by atoms with Crippen molar-refractivity contribution in [2.75, 3.05) is 4.90 Å². The van der Waals surface area contributed by atoms with Crippen LogP contribution < -0.4 is 4.90 Å². The number of imide groups is 1. The van der Waals surface area contributed by atoms with E-state index in [0.717, 1.165) is 22.5 Å². The summed E-state index contributed by atoms with van der Waals surface area (Å²) in [5.74, 6) is 0.310. The van der Waals surface area contributed by atoms with Crippen molar-refractivity contribution in [3.05, 3.63) is 89.7 Å². The molecule has 0 bridgehead atoms. The van der Waals surface area contributed by atoms with Crippen molar-refractivity contribution in [1.29, 1.82) is 0 Å². The Bertz CT molecular complexity index is 1190. The fraction of sp³-hybridized carbons (Fsp3) is 0.0455. The molecule has 1 aromatic heterocycles. The van der Waals surface area contributed by atoms with Gasteiger partial charge >= 0.3 is 0 Å². The van der Waals surface area contributed by atoms with Crippen LogP contribution in [-0.4, -0.2) is 21.4 Å². The van der Waals surface area contributed by atoms with Crippen LogP contribution in [0.3, 0.4) is 0 Å². The summed E-state index contributed by atoms with van der Waals surface area (Å²) >= 11 is 0. The Balaban J connectivity index is 1.56. The Kier molecular flexibility index (Phi) is 3.24. The smallest absolute Gasteiger partial charge is 0.266 e. The lowest BCUT2D eigenvalue weighted by Gasteiger charge is -2.15. The van der Waals surface area contributed by atoms with E-state index in [4.69, 9.17) is 0 Å². The molecular formula is C22H15N3O2. The minimum Gasteiger partial charge on any atom is -0.297 e. The average Bonchev–Trinajstić information content (AvgIpc) is 3.16. The number of carbonyl (C=O) groups is 2. The molecule has 0 spiro atoms. The van der Waals surface area contributed by atoms with E-state index in [-0.39, 0.29) is 11.8 Å². The van der Waals surface area contributed by atoms with Gasteiger partial charge in [-0.05, 0) is 55.5 Å². The van der Waals surface area contributed by atoms with Gasteiger partial charge in [0.25, 0.3) is 11.8 Å². The van der Waals surface area contributed by atoms with Crippen LogP contribution >= 0.6 is 0 Å². The maximum absolute atomic E-state index is 12.6. The van der Waals surface area contributed by atoms with Gasteiger partial charge in [-0.2, -0.15) is 0 Å². The van der Waals surface area contributed by atoms with E-state index in [9.17, 15) is 9.59 Å². The lowest BCUT2D eigenvalue weighted by Crippen LogP contribution is -2.29. The number of aromatic nitrogens is 2. The lowest BCUT2D eigenvalue weighted by molar-refractivity contribution is 0.0926. The number of nitrogens with zero attached hydrogens (tertiary/aromatic N) is 3. The Hall–Kier alpha value is -3.73. The van der Waals surface area contributed by atoms with E-state index >= 15 is 0 Å². The SMILES string of the molecule is Cc1nc2ccccc2n1-c1ccc(N2C(=O)c3ccccc3C2=O)cc1. The van der Waals surface area contributed by atoms with Gasteiger partial charge in [-0.25, -0.2) is 9.88 Å². The van der Waals surface area contributed by atoms with Crippen LogP contribution in [0.1, 0.15) is 26.5 Å². The van der Waals surface area contributed by atoms with Crippen LogP contribution in [0.2, 0.25) is 0 Å². The van der Waals surface area contributed by atoms with Crippen LogP contribution in [0.5, 0.6) is 0 Å². The number of benzene rings is 3. The second kappa shape index (κ2) is 5.64. The number of anilines is 1. The standard InChI is InChI=1S/C22H15N3O2/c1-14-23-19-8-4-5-9-20(19)24(14)15-10-12-16(13-11-15)25-21(26)17-6-2-3-7-18(17)22(25)27/h2-13H,1H3. The minimum absolute atomic E-state index is 0.285. The molecule has 0 saturated carbocycles. The summed E-state index contributed by atoms with van der Waals surface area (Å²) in [5, 5.41) is 0. The molecule has 0 radical (unpaired) electrons. The van der Waals surface area contributed by atoms with Gasteiger partial charge < -0.3 is 0 Å². The van der Waals surface area contributed by atoms with Gasteiger partial charge in [0.15, 0.2) is 0 Å². The molecule has 5 nitrogen and oxygen atoms in total. The van der Waals surface area contributed by atoms with Gasteiger partial charge in [-0.3, -0.25) is 14.2 Å². The highest BCUT2D eigenvalue weighted by Gasteiger charge is 2.36. The molecule has 0 unspecified atom stereocenters. The number of hydrogen-bond acceptors (Lipinski definition) is 3. The zero-order chi connectivity index (χ0) is 18.5. The fourth-order valence-corrected chi connectivity index (χ4v) is 3.65. The van der Waals surface area contributed by atoms with Crippen molar-refractivity contribution in [3.63, 3.8) is 0 Å². The third kappa shape index (κ3) is 2.22. The summed E-state index contributed by atoms with van der Waals surface area (Å²) in [5.41, 5.74) is 4.34. The quantitative estimate of drug-likeness (QED) is 0.509. The number of carbonyl (C=O) groups excluding carboxylic acids is 2. The first-order valence-electron chi connectivity index (χ1n) is 8.67. The maximum atomic E-state index is 12.6. The normalized spacial score (nSPS) is 13.4. The van der Waals surface area contributed by atoms with E-state index in [2.05, 4.69) is 9.55 Å². The van der Waals surface area contributed by atoms with Gasteiger partial charge in [0.2, 0.25) is 0 Å². The molecule has 130 valence electrons. The molecule has 5 heteroatoms. The van der Waals surface area contributed by atoms with E-state index in [1.165, 1.54) is 4.90 Å². The molecule has 27 heavy (non-hydrogen) atoms. The van der Waals surface area contributed by atoms with Gasteiger partial charge in [0.05, 0.1) is 27.8 Å². The van der Waals surface area contributed by atoms with E-state index < -0.39 is 0 Å². The molecule has 1 aliphatic heterocycles. The molecule has 0 fully saturated rings. The Morgan fingerprint density at radius 2 is 1.26 bits per heavy atom. The van der Waals surface area contributed by atoms with Gasteiger partial charge in [0, 0.05) is 5.69 Å². The van der Waals surface area contributed by atoms with Crippen LogP contribution in [0, 0.1) is 6.92 Å². The summed E-state index contributed by atoms with van der Waals surface area (Å²) < 4.78 is 2.06. The van der Waals surface area contributed by atoms with Crippen LogP contribution in [0.15, 0.2) is 72.8 Å². The molecule has 0 aliphatic carbocycles. The molecular weight excluding hydrogens is 338 g/mol. The third-order valence-electron chi connectivity index (χ3n) is 4.89.